The summed E-state index contributed by atoms with van der Waals surface area (Å²) >= 11 is 6.11. The number of hydrogen-bond acceptors (Lipinski definition) is 6. The van der Waals surface area contributed by atoms with Crippen molar-refractivity contribution >= 4 is 11.6 Å². The van der Waals surface area contributed by atoms with Crippen LogP contribution in [0.15, 0.2) is 53.3 Å². The van der Waals surface area contributed by atoms with Crippen LogP contribution in [0.4, 0.5) is 0 Å². The molecular formula is C22H21ClN6O. The topological polar surface area (TPSA) is 82.5 Å². The van der Waals surface area contributed by atoms with Gasteiger partial charge in [0, 0.05) is 47.4 Å². The first-order valence-electron chi connectivity index (χ1n) is 10.0. The van der Waals surface area contributed by atoms with Crippen LogP contribution in [0, 0.1) is 5.92 Å². The molecule has 1 aliphatic rings. The van der Waals surface area contributed by atoms with Crippen LogP contribution in [0.25, 0.3) is 22.8 Å². The lowest BCUT2D eigenvalue weighted by Crippen LogP contribution is -2.16. The summed E-state index contributed by atoms with van der Waals surface area (Å²) < 4.78 is 7.74. The van der Waals surface area contributed by atoms with Crippen molar-refractivity contribution in [3.05, 3.63) is 65.5 Å². The zero-order valence-corrected chi connectivity index (χ0v) is 17.5. The van der Waals surface area contributed by atoms with E-state index in [0.717, 1.165) is 22.8 Å². The van der Waals surface area contributed by atoms with E-state index in [-0.39, 0.29) is 11.8 Å². The number of hydrogen-bond donors (Lipinski definition) is 0. The standard InChI is InChI=1S/C22H21ClN6O/c1-13(22-25-19(28-30-22)16-4-3-5-17(23)12-16)18(14-6-7-14)21-27-26-20(29(21)2)15-8-10-24-11-9-15/h3-5,8-14,18H,6-7H2,1-2H3. The lowest BCUT2D eigenvalue weighted by atomic mass is 9.88. The van der Waals surface area contributed by atoms with Crippen LogP contribution < -0.4 is 0 Å². The third kappa shape index (κ3) is 3.50. The van der Waals surface area contributed by atoms with Gasteiger partial charge in [0.05, 0.1) is 0 Å². The SMILES string of the molecule is CC(c1nc(-c2cccc(Cl)c2)no1)C(c1nnc(-c2ccncc2)n1C)C1CC1. The maximum atomic E-state index is 6.11. The predicted molar refractivity (Wildman–Crippen MR) is 113 cm³/mol. The van der Waals surface area contributed by atoms with Gasteiger partial charge in [-0.25, -0.2) is 0 Å². The van der Waals surface area contributed by atoms with Gasteiger partial charge in [-0.05, 0) is 43.0 Å². The number of benzene rings is 1. The zero-order valence-electron chi connectivity index (χ0n) is 16.7. The minimum absolute atomic E-state index is 0.0196. The van der Waals surface area contributed by atoms with Gasteiger partial charge in [0.2, 0.25) is 11.7 Å². The van der Waals surface area contributed by atoms with Gasteiger partial charge in [0.25, 0.3) is 0 Å². The Bertz CT molecular complexity index is 1170. The molecule has 5 rings (SSSR count). The maximum absolute atomic E-state index is 6.11. The van der Waals surface area contributed by atoms with Gasteiger partial charge in [-0.2, -0.15) is 4.98 Å². The largest absolute Gasteiger partial charge is 0.339 e. The molecule has 3 heterocycles. The monoisotopic (exact) mass is 420 g/mol. The first kappa shape index (κ1) is 18.9. The molecule has 1 saturated carbocycles. The molecule has 0 N–H and O–H groups in total. The second kappa shape index (κ2) is 7.65. The first-order valence-corrected chi connectivity index (χ1v) is 10.4. The predicted octanol–water partition coefficient (Wildman–Crippen LogP) is 4.88. The highest BCUT2D eigenvalue weighted by Crippen LogP contribution is 2.49. The van der Waals surface area contributed by atoms with Gasteiger partial charge in [-0.1, -0.05) is 35.8 Å². The highest BCUT2D eigenvalue weighted by atomic mass is 35.5. The third-order valence-electron chi connectivity index (χ3n) is 5.73. The number of rotatable bonds is 6. The Kier molecular flexibility index (Phi) is 4.83. The summed E-state index contributed by atoms with van der Waals surface area (Å²) in [6.07, 6.45) is 5.87. The van der Waals surface area contributed by atoms with Crippen LogP contribution in [0.5, 0.6) is 0 Å². The van der Waals surface area contributed by atoms with Crippen LogP contribution in [-0.2, 0) is 7.05 Å². The molecule has 8 heteroatoms. The molecule has 30 heavy (non-hydrogen) atoms. The number of pyridine rings is 1. The van der Waals surface area contributed by atoms with Gasteiger partial charge < -0.3 is 9.09 Å². The normalized spacial score (nSPS) is 15.8. The average Bonchev–Trinajstić information content (AvgIpc) is 3.34. The van der Waals surface area contributed by atoms with E-state index >= 15 is 0 Å². The molecule has 4 aromatic rings. The van der Waals surface area contributed by atoms with Crippen LogP contribution in [0.3, 0.4) is 0 Å². The Morgan fingerprint density at radius 2 is 1.90 bits per heavy atom. The van der Waals surface area contributed by atoms with Crippen molar-refractivity contribution in [2.45, 2.75) is 31.6 Å². The molecule has 1 fully saturated rings. The fraction of sp³-hybridized carbons (Fsp3) is 0.318. The number of aromatic nitrogens is 6. The summed E-state index contributed by atoms with van der Waals surface area (Å²) in [6.45, 7) is 2.12. The van der Waals surface area contributed by atoms with E-state index in [2.05, 4.69) is 36.8 Å². The van der Waals surface area contributed by atoms with Gasteiger partial charge in [0.1, 0.15) is 5.82 Å². The van der Waals surface area contributed by atoms with Crippen LogP contribution in [0.1, 0.15) is 43.3 Å². The van der Waals surface area contributed by atoms with Crippen molar-refractivity contribution in [3.63, 3.8) is 0 Å². The molecule has 0 aliphatic heterocycles. The van der Waals surface area contributed by atoms with Crippen molar-refractivity contribution in [3.8, 4) is 22.8 Å². The van der Waals surface area contributed by atoms with Crippen molar-refractivity contribution in [2.75, 3.05) is 0 Å². The zero-order chi connectivity index (χ0) is 20.7. The van der Waals surface area contributed by atoms with Crippen molar-refractivity contribution in [1.29, 1.82) is 0 Å². The molecule has 0 radical (unpaired) electrons. The number of nitrogens with zero attached hydrogens (tertiary/aromatic N) is 6. The van der Waals surface area contributed by atoms with Crippen molar-refractivity contribution in [1.82, 2.24) is 29.9 Å². The summed E-state index contributed by atoms with van der Waals surface area (Å²) in [7, 11) is 2.01. The molecule has 0 saturated heterocycles. The molecule has 0 amide bonds. The minimum atomic E-state index is 0.0196. The number of halogens is 1. The summed E-state index contributed by atoms with van der Waals surface area (Å²) in [5, 5.41) is 13.9. The summed E-state index contributed by atoms with van der Waals surface area (Å²) in [6, 6.07) is 11.4. The minimum Gasteiger partial charge on any atom is -0.339 e. The van der Waals surface area contributed by atoms with E-state index < -0.39 is 0 Å². The van der Waals surface area contributed by atoms with E-state index in [1.54, 1.807) is 12.4 Å². The van der Waals surface area contributed by atoms with Crippen LogP contribution in [-0.4, -0.2) is 29.9 Å². The Morgan fingerprint density at radius 1 is 1.10 bits per heavy atom. The Hall–Kier alpha value is -3.06. The van der Waals surface area contributed by atoms with Gasteiger partial charge in [-0.15, -0.1) is 10.2 Å². The van der Waals surface area contributed by atoms with Crippen molar-refractivity contribution in [2.24, 2.45) is 13.0 Å². The summed E-state index contributed by atoms with van der Waals surface area (Å²) in [4.78, 5) is 8.76. The third-order valence-corrected chi connectivity index (χ3v) is 5.96. The Morgan fingerprint density at radius 3 is 2.63 bits per heavy atom. The fourth-order valence-corrected chi connectivity index (χ4v) is 4.19. The van der Waals surface area contributed by atoms with Crippen molar-refractivity contribution < 1.29 is 4.52 Å². The lowest BCUT2D eigenvalue weighted by molar-refractivity contribution is 0.327. The fourth-order valence-electron chi connectivity index (χ4n) is 4.00. The van der Waals surface area contributed by atoms with E-state index in [0.29, 0.717) is 22.7 Å². The van der Waals surface area contributed by atoms with Gasteiger partial charge >= 0.3 is 0 Å². The molecule has 1 aliphatic carbocycles. The highest BCUT2D eigenvalue weighted by molar-refractivity contribution is 6.30. The van der Waals surface area contributed by atoms with Gasteiger partial charge in [-0.3, -0.25) is 4.98 Å². The molecule has 1 aromatic carbocycles. The molecule has 0 bridgehead atoms. The molecular weight excluding hydrogens is 400 g/mol. The Balaban J connectivity index is 1.47. The average molecular weight is 421 g/mol. The van der Waals surface area contributed by atoms with E-state index in [1.165, 1.54) is 12.8 Å². The molecule has 2 unspecified atom stereocenters. The van der Waals surface area contributed by atoms with Gasteiger partial charge in [0.15, 0.2) is 5.82 Å². The van der Waals surface area contributed by atoms with E-state index in [4.69, 9.17) is 16.1 Å². The molecule has 3 aromatic heterocycles. The molecule has 0 spiro atoms. The highest BCUT2D eigenvalue weighted by Gasteiger charge is 2.41. The quantitative estimate of drug-likeness (QED) is 0.442. The molecule has 152 valence electrons. The first-order chi connectivity index (χ1) is 14.6. The van der Waals surface area contributed by atoms with E-state index in [9.17, 15) is 0 Å². The second-order valence-corrected chi connectivity index (χ2v) is 8.23. The molecule has 7 nitrogen and oxygen atoms in total. The maximum Gasteiger partial charge on any atom is 0.230 e. The smallest absolute Gasteiger partial charge is 0.230 e. The molecule has 2 atom stereocenters. The summed E-state index contributed by atoms with van der Waals surface area (Å²) in [5.74, 6) is 3.64. The van der Waals surface area contributed by atoms with Crippen LogP contribution in [0.2, 0.25) is 5.02 Å². The summed E-state index contributed by atoms with van der Waals surface area (Å²) in [5.41, 5.74) is 1.83. The van der Waals surface area contributed by atoms with E-state index in [1.807, 2.05) is 43.4 Å². The van der Waals surface area contributed by atoms with Crippen LogP contribution >= 0.6 is 11.6 Å². The lowest BCUT2D eigenvalue weighted by Gasteiger charge is -2.20. The Labute approximate surface area is 179 Å². The second-order valence-electron chi connectivity index (χ2n) is 7.80.